The molecule has 1 aliphatic rings. The van der Waals surface area contributed by atoms with Crippen LogP contribution in [0.25, 0.3) is 20.5 Å². The molecule has 1 aliphatic heterocycles. The Morgan fingerprint density at radius 3 is 2.63 bits per heavy atom. The number of thioether (sulfide) groups is 1. The highest BCUT2D eigenvalue weighted by molar-refractivity contribution is 7.99. The second-order valence-electron chi connectivity index (χ2n) is 6.77. The summed E-state index contributed by atoms with van der Waals surface area (Å²) in [6.45, 7) is 5.70. The molecule has 0 spiro atoms. The topological polar surface area (TPSA) is 41.9 Å². The van der Waals surface area contributed by atoms with E-state index in [0.29, 0.717) is 0 Å². The first kappa shape index (κ1) is 19.1. The van der Waals surface area contributed by atoms with Crippen LogP contribution < -0.4 is 0 Å². The molecule has 4 nitrogen and oxygen atoms in total. The number of thiazole rings is 1. The fourth-order valence-electron chi connectivity index (χ4n) is 3.30. The summed E-state index contributed by atoms with van der Waals surface area (Å²) in [6.07, 6.45) is 5.48. The molecule has 0 aromatic carbocycles. The monoisotopic (exact) mass is 416 g/mol. The van der Waals surface area contributed by atoms with Crippen LogP contribution in [0.4, 0.5) is 0 Å². The summed E-state index contributed by atoms with van der Waals surface area (Å²) >= 11 is 5.23. The summed E-state index contributed by atoms with van der Waals surface area (Å²) in [7, 11) is 0. The highest BCUT2D eigenvalue weighted by Crippen LogP contribution is 2.36. The molecule has 142 valence electrons. The van der Waals surface area contributed by atoms with Gasteiger partial charge in [0.1, 0.15) is 15.7 Å². The number of nitrogens with zero attached hydrogens (tertiary/aromatic N) is 4. The Kier molecular flexibility index (Phi) is 6.55. The van der Waals surface area contributed by atoms with Crippen molar-refractivity contribution >= 4 is 34.4 Å². The van der Waals surface area contributed by atoms with E-state index in [2.05, 4.69) is 51.7 Å². The van der Waals surface area contributed by atoms with E-state index >= 15 is 0 Å². The van der Waals surface area contributed by atoms with Crippen molar-refractivity contribution in [2.75, 3.05) is 25.4 Å². The third-order valence-corrected chi connectivity index (χ3v) is 7.88. The van der Waals surface area contributed by atoms with Crippen molar-refractivity contribution < 1.29 is 0 Å². The van der Waals surface area contributed by atoms with E-state index in [1.807, 2.05) is 0 Å². The number of hydrogen-bond donors (Lipinski definition) is 0. The average Bonchev–Trinajstić information content (AvgIpc) is 3.27. The molecule has 4 rings (SSSR count). The standard InChI is InChI=1S/C20H24N4S3/c1-15-19(27-20(21-15)17-7-6-13-25-17)16-8-9-18(23-22-16)26-14-12-24-10-4-2-3-5-11-24/h6-9,13H,2-5,10-12,14H2,1H3. The van der Waals surface area contributed by atoms with Gasteiger partial charge in [0, 0.05) is 12.3 Å². The first-order valence-electron chi connectivity index (χ1n) is 9.50. The van der Waals surface area contributed by atoms with Gasteiger partial charge in [-0.3, -0.25) is 0 Å². The lowest BCUT2D eigenvalue weighted by atomic mass is 10.2. The first-order valence-corrected chi connectivity index (χ1v) is 12.2. The van der Waals surface area contributed by atoms with Gasteiger partial charge in [-0.1, -0.05) is 18.9 Å². The van der Waals surface area contributed by atoms with Crippen LogP contribution in [-0.2, 0) is 0 Å². The SMILES string of the molecule is Cc1nc(-c2cccs2)sc1-c1ccc(SCCN2CCCCCC2)nn1. The van der Waals surface area contributed by atoms with Gasteiger partial charge < -0.3 is 4.90 Å². The Hall–Kier alpha value is -1.28. The summed E-state index contributed by atoms with van der Waals surface area (Å²) in [4.78, 5) is 9.63. The summed E-state index contributed by atoms with van der Waals surface area (Å²) < 4.78 is 0. The normalized spacial score (nSPS) is 15.7. The summed E-state index contributed by atoms with van der Waals surface area (Å²) in [5, 5.41) is 13.1. The van der Waals surface area contributed by atoms with E-state index < -0.39 is 0 Å². The molecule has 0 unspecified atom stereocenters. The van der Waals surface area contributed by atoms with Crippen LogP contribution in [0.1, 0.15) is 31.4 Å². The van der Waals surface area contributed by atoms with Crippen LogP contribution in [0.2, 0.25) is 0 Å². The van der Waals surface area contributed by atoms with Gasteiger partial charge in [0.05, 0.1) is 15.4 Å². The molecule has 1 fully saturated rings. The van der Waals surface area contributed by atoms with Crippen LogP contribution in [0, 0.1) is 6.92 Å². The largest absolute Gasteiger partial charge is 0.303 e. The van der Waals surface area contributed by atoms with E-state index in [4.69, 9.17) is 4.98 Å². The zero-order chi connectivity index (χ0) is 18.5. The quantitative estimate of drug-likeness (QED) is 0.489. The molecule has 1 saturated heterocycles. The maximum atomic E-state index is 4.71. The van der Waals surface area contributed by atoms with Crippen LogP contribution in [-0.4, -0.2) is 45.5 Å². The molecule has 0 saturated carbocycles. The predicted octanol–water partition coefficient (Wildman–Crippen LogP) is 5.61. The summed E-state index contributed by atoms with van der Waals surface area (Å²) in [5.41, 5.74) is 1.95. The maximum absolute atomic E-state index is 4.71. The molecular weight excluding hydrogens is 392 g/mol. The number of aryl methyl sites for hydroxylation is 1. The zero-order valence-electron chi connectivity index (χ0n) is 15.6. The van der Waals surface area contributed by atoms with Gasteiger partial charge in [-0.05, 0) is 56.4 Å². The van der Waals surface area contributed by atoms with Crippen molar-refractivity contribution in [3.8, 4) is 20.5 Å². The Bertz CT molecular complexity index is 835. The molecule has 27 heavy (non-hydrogen) atoms. The molecule has 7 heteroatoms. The molecule has 0 atom stereocenters. The third-order valence-electron chi connectivity index (χ3n) is 4.76. The minimum atomic E-state index is 0.921. The van der Waals surface area contributed by atoms with Gasteiger partial charge in [-0.25, -0.2) is 4.98 Å². The van der Waals surface area contributed by atoms with Crippen molar-refractivity contribution in [3.05, 3.63) is 35.3 Å². The molecular formula is C20H24N4S3. The van der Waals surface area contributed by atoms with Gasteiger partial charge in [0.15, 0.2) is 0 Å². The molecule has 4 heterocycles. The minimum absolute atomic E-state index is 0.921. The van der Waals surface area contributed by atoms with Crippen LogP contribution in [0.3, 0.4) is 0 Å². The molecule has 0 aliphatic carbocycles. The molecule has 3 aromatic heterocycles. The zero-order valence-corrected chi connectivity index (χ0v) is 18.0. The van der Waals surface area contributed by atoms with Gasteiger partial charge in [0.25, 0.3) is 0 Å². The van der Waals surface area contributed by atoms with Crippen molar-refractivity contribution in [2.24, 2.45) is 0 Å². The van der Waals surface area contributed by atoms with Gasteiger partial charge in [-0.2, -0.15) is 0 Å². The average molecular weight is 417 g/mol. The third kappa shape index (κ3) is 4.96. The number of hydrogen-bond acceptors (Lipinski definition) is 7. The lowest BCUT2D eigenvalue weighted by molar-refractivity contribution is 0.303. The van der Waals surface area contributed by atoms with Crippen LogP contribution in [0.5, 0.6) is 0 Å². The molecule has 0 amide bonds. The van der Waals surface area contributed by atoms with Gasteiger partial charge in [-0.15, -0.1) is 44.6 Å². The highest BCUT2D eigenvalue weighted by Gasteiger charge is 2.14. The summed E-state index contributed by atoms with van der Waals surface area (Å²) in [5.74, 6) is 1.08. The Balaban J connectivity index is 1.36. The van der Waals surface area contributed by atoms with Gasteiger partial charge in [0.2, 0.25) is 0 Å². The Morgan fingerprint density at radius 1 is 1.07 bits per heavy atom. The number of likely N-dealkylation sites (tertiary alicyclic amines) is 1. The van der Waals surface area contributed by atoms with E-state index in [1.165, 1.54) is 43.6 Å². The van der Waals surface area contributed by atoms with Crippen molar-refractivity contribution in [1.29, 1.82) is 0 Å². The fraction of sp³-hybridized carbons (Fsp3) is 0.450. The number of thiophene rings is 1. The van der Waals surface area contributed by atoms with Crippen LogP contribution >= 0.6 is 34.4 Å². The second-order valence-corrected chi connectivity index (χ2v) is 9.83. The molecule has 0 bridgehead atoms. The fourth-order valence-corrected chi connectivity index (χ4v) is 5.95. The minimum Gasteiger partial charge on any atom is -0.303 e. The van der Waals surface area contributed by atoms with Crippen LogP contribution in [0.15, 0.2) is 34.7 Å². The van der Waals surface area contributed by atoms with E-state index in [0.717, 1.165) is 38.6 Å². The molecule has 3 aromatic rings. The maximum Gasteiger partial charge on any atom is 0.134 e. The molecule has 0 N–H and O–H groups in total. The first-order chi connectivity index (χ1) is 13.3. The second kappa shape index (κ2) is 9.28. The van der Waals surface area contributed by atoms with E-state index in [-0.39, 0.29) is 0 Å². The van der Waals surface area contributed by atoms with Crippen molar-refractivity contribution in [3.63, 3.8) is 0 Å². The van der Waals surface area contributed by atoms with Gasteiger partial charge >= 0.3 is 0 Å². The van der Waals surface area contributed by atoms with E-state index in [1.54, 1.807) is 34.4 Å². The summed E-state index contributed by atoms with van der Waals surface area (Å²) in [6, 6.07) is 8.36. The van der Waals surface area contributed by atoms with Crippen molar-refractivity contribution in [1.82, 2.24) is 20.1 Å². The number of rotatable bonds is 6. The smallest absolute Gasteiger partial charge is 0.134 e. The predicted molar refractivity (Wildman–Crippen MR) is 117 cm³/mol. The Labute approximate surface area is 173 Å². The highest BCUT2D eigenvalue weighted by atomic mass is 32.2. The molecule has 0 radical (unpaired) electrons. The lowest BCUT2D eigenvalue weighted by Gasteiger charge is -2.18. The Morgan fingerprint density at radius 2 is 1.93 bits per heavy atom. The van der Waals surface area contributed by atoms with E-state index in [9.17, 15) is 0 Å². The number of aromatic nitrogens is 3. The van der Waals surface area contributed by atoms with Crippen molar-refractivity contribution in [2.45, 2.75) is 37.6 Å². The lowest BCUT2D eigenvalue weighted by Crippen LogP contribution is -2.27.